The summed E-state index contributed by atoms with van der Waals surface area (Å²) >= 11 is 3.35. The Morgan fingerprint density at radius 1 is 1.18 bits per heavy atom. The molecule has 0 saturated heterocycles. The number of fused-ring (bicyclic) bond motifs is 2. The highest BCUT2D eigenvalue weighted by molar-refractivity contribution is 9.10. The Balaban J connectivity index is 0.000000470. The first-order valence-electron chi connectivity index (χ1n) is 12.1. The van der Waals surface area contributed by atoms with Gasteiger partial charge in [0.05, 0.1) is 0 Å². The lowest BCUT2D eigenvalue weighted by atomic mass is 10.2. The molecule has 5 heterocycles. The number of halogens is 4. The lowest BCUT2D eigenvalue weighted by molar-refractivity contribution is -0.192. The number of nitrogens with one attached hydrogen (secondary N) is 1. The minimum absolute atomic E-state index is 0.207. The topological polar surface area (TPSA) is 170 Å². The monoisotopic (exact) mass is 625 g/mol. The largest absolute Gasteiger partial charge is 0.490 e. The molecule has 0 aliphatic heterocycles. The molecule has 0 unspecified atom stereocenters. The molecular weight excluding hydrogens is 603 g/mol. The number of rotatable bonds is 9. The fourth-order valence-electron chi connectivity index (χ4n) is 3.83. The van der Waals surface area contributed by atoms with Crippen LogP contribution in [0.4, 0.5) is 13.2 Å². The summed E-state index contributed by atoms with van der Waals surface area (Å²) in [5.74, 6) is -0.617. The molecular formula is C23H23BrF3N9O4. The van der Waals surface area contributed by atoms with Crippen LogP contribution in [0, 0.1) is 0 Å². The van der Waals surface area contributed by atoms with Gasteiger partial charge in [-0.1, -0.05) is 24.9 Å². The van der Waals surface area contributed by atoms with E-state index in [-0.39, 0.29) is 5.56 Å². The Labute approximate surface area is 231 Å². The minimum atomic E-state index is -5.08. The maximum Gasteiger partial charge on any atom is 0.490 e. The first kappa shape index (κ1) is 28.8. The van der Waals surface area contributed by atoms with Crippen molar-refractivity contribution in [2.24, 2.45) is 0 Å². The van der Waals surface area contributed by atoms with Crippen molar-refractivity contribution in [2.75, 3.05) is 0 Å². The third kappa shape index (κ3) is 6.52. The number of aryl methyl sites for hydroxylation is 3. The molecule has 0 spiro atoms. The Bertz CT molecular complexity index is 1660. The molecule has 0 amide bonds. The Kier molecular flexibility index (Phi) is 8.91. The van der Waals surface area contributed by atoms with Crippen LogP contribution in [0.3, 0.4) is 0 Å². The van der Waals surface area contributed by atoms with Crippen molar-refractivity contribution >= 4 is 38.8 Å². The zero-order chi connectivity index (χ0) is 28.9. The summed E-state index contributed by atoms with van der Waals surface area (Å²) < 4.78 is 41.2. The van der Waals surface area contributed by atoms with E-state index in [0.717, 1.165) is 24.8 Å². The normalized spacial score (nSPS) is 11.6. The van der Waals surface area contributed by atoms with E-state index in [4.69, 9.17) is 14.4 Å². The second kappa shape index (κ2) is 12.4. The van der Waals surface area contributed by atoms with E-state index < -0.39 is 12.1 Å². The number of carboxylic acids is 1. The van der Waals surface area contributed by atoms with Crippen LogP contribution in [-0.2, 0) is 24.2 Å². The minimum Gasteiger partial charge on any atom is -0.475 e. The van der Waals surface area contributed by atoms with Crippen LogP contribution in [0.1, 0.15) is 44.3 Å². The first-order valence-corrected chi connectivity index (χ1v) is 12.9. The molecule has 0 aromatic carbocycles. The van der Waals surface area contributed by atoms with Crippen molar-refractivity contribution in [3.8, 4) is 11.4 Å². The number of aromatic amines is 1. The highest BCUT2D eigenvalue weighted by atomic mass is 79.9. The average molecular weight is 626 g/mol. The average Bonchev–Trinajstić information content (AvgIpc) is 3.65. The standard InChI is InChI=1S/C21H22BrN9O2.C2HF3O2/c1-2-3-4-11-30-18-16(25-20(22)26-18)19(32)31-14(27-28-21(30)31)8-5-9-15-24-17(29-33-15)13-7-6-10-23-12-13;3-2(4,5)1(6)7/h6-7,10,12H,2-5,8-9,11H2,1H3,(H,25,26);(H,6,7). The molecule has 0 bridgehead atoms. The zero-order valence-corrected chi connectivity index (χ0v) is 22.6. The summed E-state index contributed by atoms with van der Waals surface area (Å²) in [4.78, 5) is 38.1. The van der Waals surface area contributed by atoms with Gasteiger partial charge in [-0.15, -0.1) is 10.2 Å². The number of carboxylic acid groups (broad SMARTS) is 1. The molecule has 5 aromatic heterocycles. The lowest BCUT2D eigenvalue weighted by Gasteiger charge is -2.09. The van der Waals surface area contributed by atoms with Gasteiger partial charge in [0.25, 0.3) is 5.56 Å². The first-order chi connectivity index (χ1) is 19.1. The van der Waals surface area contributed by atoms with Gasteiger partial charge in [0.1, 0.15) is 5.82 Å². The molecule has 0 fully saturated rings. The quantitative estimate of drug-likeness (QED) is 0.180. The van der Waals surface area contributed by atoms with E-state index in [1.54, 1.807) is 16.8 Å². The highest BCUT2D eigenvalue weighted by Crippen LogP contribution is 2.18. The maximum atomic E-state index is 13.2. The molecule has 0 radical (unpaired) electrons. The van der Waals surface area contributed by atoms with Crippen LogP contribution in [0.25, 0.3) is 28.3 Å². The molecule has 212 valence electrons. The molecule has 5 aromatic rings. The Hall–Kier alpha value is -4.15. The van der Waals surface area contributed by atoms with Crippen molar-refractivity contribution in [3.63, 3.8) is 0 Å². The van der Waals surface area contributed by atoms with Crippen LogP contribution in [0.15, 0.2) is 38.6 Å². The van der Waals surface area contributed by atoms with Gasteiger partial charge in [0.15, 0.2) is 15.9 Å². The predicted molar refractivity (Wildman–Crippen MR) is 137 cm³/mol. The van der Waals surface area contributed by atoms with Crippen molar-refractivity contribution in [1.82, 2.24) is 44.3 Å². The summed E-state index contributed by atoms with van der Waals surface area (Å²) in [6.45, 7) is 2.86. The van der Waals surface area contributed by atoms with E-state index in [2.05, 4.69) is 58.1 Å². The van der Waals surface area contributed by atoms with Gasteiger partial charge < -0.3 is 14.6 Å². The number of pyridine rings is 1. The van der Waals surface area contributed by atoms with Crippen LogP contribution >= 0.6 is 15.9 Å². The van der Waals surface area contributed by atoms with Gasteiger partial charge in [-0.25, -0.2) is 14.2 Å². The van der Waals surface area contributed by atoms with Crippen molar-refractivity contribution in [2.45, 2.75) is 58.2 Å². The van der Waals surface area contributed by atoms with E-state index in [9.17, 15) is 18.0 Å². The van der Waals surface area contributed by atoms with Gasteiger partial charge in [0.2, 0.25) is 17.5 Å². The van der Waals surface area contributed by atoms with Crippen LogP contribution in [0.2, 0.25) is 0 Å². The summed E-state index contributed by atoms with van der Waals surface area (Å²) in [6, 6.07) is 3.70. The number of nitrogens with zero attached hydrogens (tertiary/aromatic N) is 8. The van der Waals surface area contributed by atoms with E-state index >= 15 is 0 Å². The fourth-order valence-corrected chi connectivity index (χ4v) is 4.20. The smallest absolute Gasteiger partial charge is 0.475 e. The summed E-state index contributed by atoms with van der Waals surface area (Å²) in [5.41, 5.74) is 1.61. The number of aliphatic carboxylic acids is 1. The molecule has 2 N–H and O–H groups in total. The Morgan fingerprint density at radius 3 is 2.62 bits per heavy atom. The number of alkyl halides is 3. The number of carbonyl (C=O) groups is 1. The van der Waals surface area contributed by atoms with Crippen molar-refractivity contribution in [3.05, 3.63) is 51.3 Å². The number of H-pyrrole nitrogens is 1. The maximum absolute atomic E-state index is 13.2. The SMILES string of the molecule is CCCCCn1c2nc(Br)[nH]c2c(=O)n2c(CCCc3nc(-c4cccnc4)no3)nnc12.O=C(O)C(F)(F)F. The number of hydrogen-bond donors (Lipinski definition) is 2. The molecule has 0 aliphatic carbocycles. The number of imidazole rings is 1. The van der Waals surface area contributed by atoms with Crippen molar-refractivity contribution < 1.29 is 27.6 Å². The fraction of sp³-hybridized carbons (Fsp3) is 0.391. The van der Waals surface area contributed by atoms with Gasteiger partial charge in [-0.3, -0.25) is 14.3 Å². The third-order valence-corrected chi connectivity index (χ3v) is 6.07. The number of hydrogen-bond acceptors (Lipinski definition) is 9. The van der Waals surface area contributed by atoms with Crippen LogP contribution in [-0.4, -0.2) is 61.5 Å². The van der Waals surface area contributed by atoms with Gasteiger partial charge >= 0.3 is 12.1 Å². The van der Waals surface area contributed by atoms with Crippen LogP contribution < -0.4 is 5.56 Å². The third-order valence-electron chi connectivity index (χ3n) is 5.69. The van der Waals surface area contributed by atoms with E-state index in [0.29, 0.717) is 65.0 Å². The van der Waals surface area contributed by atoms with Gasteiger partial charge in [0, 0.05) is 37.3 Å². The number of aromatic nitrogens is 9. The zero-order valence-electron chi connectivity index (χ0n) is 21.0. The molecule has 0 aliphatic rings. The molecule has 0 saturated carbocycles. The van der Waals surface area contributed by atoms with Crippen LogP contribution in [0.5, 0.6) is 0 Å². The highest BCUT2D eigenvalue weighted by Gasteiger charge is 2.38. The number of unbranched alkanes of at least 4 members (excludes halogenated alkanes) is 2. The van der Waals surface area contributed by atoms with Gasteiger partial charge in [-0.2, -0.15) is 18.2 Å². The summed E-state index contributed by atoms with van der Waals surface area (Å²) in [7, 11) is 0. The summed E-state index contributed by atoms with van der Waals surface area (Å²) in [6.07, 6.45) is 3.22. The second-order valence-electron chi connectivity index (χ2n) is 8.55. The van der Waals surface area contributed by atoms with Crippen molar-refractivity contribution in [1.29, 1.82) is 0 Å². The van der Waals surface area contributed by atoms with E-state index in [1.165, 1.54) is 0 Å². The molecule has 5 rings (SSSR count). The predicted octanol–water partition coefficient (Wildman–Crippen LogP) is 3.97. The van der Waals surface area contributed by atoms with E-state index in [1.807, 2.05) is 16.7 Å². The molecule has 40 heavy (non-hydrogen) atoms. The second-order valence-corrected chi connectivity index (χ2v) is 9.30. The molecule has 0 atom stereocenters. The Morgan fingerprint density at radius 2 is 1.95 bits per heavy atom. The molecule has 13 nitrogen and oxygen atoms in total. The summed E-state index contributed by atoms with van der Waals surface area (Å²) in [5, 5.41) is 19.8. The lowest BCUT2D eigenvalue weighted by Crippen LogP contribution is -2.21. The van der Waals surface area contributed by atoms with Gasteiger partial charge in [-0.05, 0) is 40.9 Å². The molecule has 17 heteroatoms.